The summed E-state index contributed by atoms with van der Waals surface area (Å²) >= 11 is 0. The van der Waals surface area contributed by atoms with Crippen molar-refractivity contribution in [1.29, 1.82) is 5.26 Å². The Morgan fingerprint density at radius 2 is 1.52 bits per heavy atom. The standard InChI is InChI=1S/C33H36N6O3/c34-22-24-6-8-25(9-7-24)33(42)39-18-16-38(17-19-39)30-15-10-26(32(41)36-28-13-11-27(35)12-14-28)21-29(30)37-31(40)20-23-4-2-1-3-5-23/h1-10,15,21,27-28H,11-14,16-20,35H2,(H,36,41)(H,37,40). The van der Waals surface area contributed by atoms with Crippen LogP contribution in [0.1, 0.15) is 57.5 Å². The van der Waals surface area contributed by atoms with Gasteiger partial charge in [-0.2, -0.15) is 5.26 Å². The Labute approximate surface area is 246 Å². The predicted molar refractivity (Wildman–Crippen MR) is 162 cm³/mol. The molecule has 216 valence electrons. The molecule has 0 spiro atoms. The van der Waals surface area contributed by atoms with Crippen LogP contribution in [-0.2, 0) is 11.2 Å². The molecule has 3 amide bonds. The van der Waals surface area contributed by atoms with Crippen LogP contribution in [0.5, 0.6) is 0 Å². The molecule has 5 rings (SSSR count). The highest BCUT2D eigenvalue weighted by molar-refractivity contribution is 6.00. The van der Waals surface area contributed by atoms with Gasteiger partial charge >= 0.3 is 0 Å². The number of benzene rings is 3. The van der Waals surface area contributed by atoms with Gasteiger partial charge in [-0.3, -0.25) is 14.4 Å². The normalized spacial score (nSPS) is 18.6. The molecule has 1 saturated carbocycles. The fraction of sp³-hybridized carbons (Fsp3) is 0.333. The minimum Gasteiger partial charge on any atom is -0.366 e. The molecule has 2 fully saturated rings. The van der Waals surface area contributed by atoms with E-state index in [-0.39, 0.29) is 36.2 Å². The quantitative estimate of drug-likeness (QED) is 0.401. The van der Waals surface area contributed by atoms with Crippen molar-refractivity contribution < 1.29 is 14.4 Å². The number of hydrogen-bond donors (Lipinski definition) is 3. The number of rotatable bonds is 7. The average Bonchev–Trinajstić information content (AvgIpc) is 3.02. The number of carbonyl (C=O) groups excluding carboxylic acids is 3. The van der Waals surface area contributed by atoms with E-state index in [0.717, 1.165) is 36.9 Å². The van der Waals surface area contributed by atoms with Crippen LogP contribution < -0.4 is 21.3 Å². The summed E-state index contributed by atoms with van der Waals surface area (Å²) in [5.74, 6) is -0.416. The monoisotopic (exact) mass is 564 g/mol. The summed E-state index contributed by atoms with van der Waals surface area (Å²) in [5, 5.41) is 15.2. The highest BCUT2D eigenvalue weighted by Crippen LogP contribution is 2.29. The molecule has 1 aliphatic carbocycles. The predicted octanol–water partition coefficient (Wildman–Crippen LogP) is 3.70. The summed E-state index contributed by atoms with van der Waals surface area (Å²) in [4.78, 5) is 43.2. The van der Waals surface area contributed by atoms with E-state index in [4.69, 9.17) is 11.0 Å². The van der Waals surface area contributed by atoms with E-state index in [9.17, 15) is 14.4 Å². The van der Waals surface area contributed by atoms with Gasteiger partial charge in [-0.1, -0.05) is 30.3 Å². The Morgan fingerprint density at radius 3 is 2.19 bits per heavy atom. The van der Waals surface area contributed by atoms with Crippen LogP contribution in [0.25, 0.3) is 0 Å². The lowest BCUT2D eigenvalue weighted by atomic mass is 9.91. The number of hydrogen-bond acceptors (Lipinski definition) is 6. The first-order valence-corrected chi connectivity index (χ1v) is 14.5. The Morgan fingerprint density at radius 1 is 0.857 bits per heavy atom. The fourth-order valence-corrected chi connectivity index (χ4v) is 5.58. The maximum absolute atomic E-state index is 13.2. The van der Waals surface area contributed by atoms with Gasteiger partial charge in [0, 0.05) is 49.4 Å². The maximum Gasteiger partial charge on any atom is 0.253 e. The van der Waals surface area contributed by atoms with E-state index in [0.29, 0.717) is 48.6 Å². The number of piperazine rings is 1. The Hall–Kier alpha value is -4.68. The molecule has 0 radical (unpaired) electrons. The lowest BCUT2D eigenvalue weighted by Crippen LogP contribution is -2.49. The molecule has 2 aliphatic rings. The zero-order chi connectivity index (χ0) is 29.5. The number of nitrogens with one attached hydrogen (secondary N) is 2. The van der Waals surface area contributed by atoms with Gasteiger partial charge in [0.2, 0.25) is 5.91 Å². The Kier molecular flexibility index (Phi) is 9.15. The zero-order valence-electron chi connectivity index (χ0n) is 23.6. The number of carbonyl (C=O) groups is 3. The van der Waals surface area contributed by atoms with Crippen molar-refractivity contribution in [1.82, 2.24) is 10.2 Å². The van der Waals surface area contributed by atoms with Gasteiger partial charge in [-0.25, -0.2) is 0 Å². The van der Waals surface area contributed by atoms with Gasteiger partial charge in [-0.15, -0.1) is 0 Å². The second kappa shape index (κ2) is 13.3. The van der Waals surface area contributed by atoms with Gasteiger partial charge in [0.1, 0.15) is 0 Å². The van der Waals surface area contributed by atoms with E-state index < -0.39 is 0 Å². The molecule has 0 atom stereocenters. The third kappa shape index (κ3) is 7.14. The van der Waals surface area contributed by atoms with Crippen LogP contribution in [0, 0.1) is 11.3 Å². The van der Waals surface area contributed by atoms with Crippen molar-refractivity contribution >= 4 is 29.1 Å². The molecular weight excluding hydrogens is 528 g/mol. The number of nitriles is 1. The number of amides is 3. The van der Waals surface area contributed by atoms with Gasteiger partial charge in [-0.05, 0) is 73.7 Å². The van der Waals surface area contributed by atoms with Crippen molar-refractivity contribution in [3.05, 3.63) is 95.1 Å². The third-order valence-electron chi connectivity index (χ3n) is 8.02. The molecule has 0 unspecified atom stereocenters. The molecule has 3 aromatic rings. The first-order chi connectivity index (χ1) is 20.4. The number of nitrogens with two attached hydrogens (primary N) is 1. The average molecular weight is 565 g/mol. The fourth-order valence-electron chi connectivity index (χ4n) is 5.58. The zero-order valence-corrected chi connectivity index (χ0v) is 23.6. The molecule has 9 nitrogen and oxygen atoms in total. The van der Waals surface area contributed by atoms with Crippen molar-refractivity contribution in [2.45, 2.75) is 44.2 Å². The van der Waals surface area contributed by atoms with Crippen LogP contribution in [0.3, 0.4) is 0 Å². The molecule has 1 saturated heterocycles. The van der Waals surface area contributed by atoms with Crippen molar-refractivity contribution in [3.8, 4) is 6.07 Å². The van der Waals surface area contributed by atoms with Gasteiger partial charge in [0.15, 0.2) is 0 Å². The minimum absolute atomic E-state index is 0.0776. The van der Waals surface area contributed by atoms with E-state index in [1.165, 1.54) is 0 Å². The molecular formula is C33H36N6O3. The first kappa shape index (κ1) is 28.8. The topological polar surface area (TPSA) is 132 Å². The van der Waals surface area contributed by atoms with Gasteiger partial charge in [0.05, 0.1) is 29.4 Å². The lowest BCUT2D eigenvalue weighted by Gasteiger charge is -2.37. The summed E-state index contributed by atoms with van der Waals surface area (Å²) in [6, 6.07) is 24.0. The van der Waals surface area contributed by atoms with Crippen molar-refractivity contribution in [2.75, 3.05) is 36.4 Å². The lowest BCUT2D eigenvalue weighted by molar-refractivity contribution is -0.115. The molecule has 4 N–H and O–H groups in total. The highest BCUT2D eigenvalue weighted by atomic mass is 16.2. The van der Waals surface area contributed by atoms with Crippen LogP contribution in [0.2, 0.25) is 0 Å². The number of anilines is 2. The Balaban J connectivity index is 1.30. The molecule has 1 heterocycles. The van der Waals surface area contributed by atoms with Crippen molar-refractivity contribution in [3.63, 3.8) is 0 Å². The number of nitrogens with zero attached hydrogens (tertiary/aromatic N) is 3. The van der Waals surface area contributed by atoms with E-state index in [2.05, 4.69) is 21.6 Å². The summed E-state index contributed by atoms with van der Waals surface area (Å²) in [7, 11) is 0. The van der Waals surface area contributed by atoms with E-state index in [1.54, 1.807) is 41.3 Å². The van der Waals surface area contributed by atoms with Crippen LogP contribution in [0.15, 0.2) is 72.8 Å². The van der Waals surface area contributed by atoms with Gasteiger partial charge < -0.3 is 26.2 Å². The van der Waals surface area contributed by atoms with E-state index >= 15 is 0 Å². The van der Waals surface area contributed by atoms with Crippen LogP contribution in [0.4, 0.5) is 11.4 Å². The smallest absolute Gasteiger partial charge is 0.253 e. The summed E-state index contributed by atoms with van der Waals surface area (Å²) < 4.78 is 0. The maximum atomic E-state index is 13.2. The highest BCUT2D eigenvalue weighted by Gasteiger charge is 2.26. The molecule has 42 heavy (non-hydrogen) atoms. The van der Waals surface area contributed by atoms with Crippen LogP contribution in [-0.4, -0.2) is 60.9 Å². The summed E-state index contributed by atoms with van der Waals surface area (Å²) in [5.41, 5.74) is 9.84. The molecule has 0 bridgehead atoms. The van der Waals surface area contributed by atoms with E-state index in [1.807, 2.05) is 36.4 Å². The van der Waals surface area contributed by atoms with Crippen molar-refractivity contribution in [2.24, 2.45) is 5.73 Å². The molecule has 9 heteroatoms. The first-order valence-electron chi connectivity index (χ1n) is 14.5. The largest absolute Gasteiger partial charge is 0.366 e. The molecule has 1 aliphatic heterocycles. The summed E-state index contributed by atoms with van der Waals surface area (Å²) in [6.07, 6.45) is 3.72. The second-order valence-electron chi connectivity index (χ2n) is 11.0. The minimum atomic E-state index is -0.170. The Bertz CT molecular complexity index is 1450. The summed E-state index contributed by atoms with van der Waals surface area (Å²) in [6.45, 7) is 2.14. The molecule has 0 aromatic heterocycles. The SMILES string of the molecule is N#Cc1ccc(C(=O)N2CCN(c3ccc(C(=O)NC4CCC(N)CC4)cc3NC(=O)Cc3ccccc3)CC2)cc1. The second-order valence-corrected chi connectivity index (χ2v) is 11.0. The van der Waals surface area contributed by atoms with Gasteiger partial charge in [0.25, 0.3) is 11.8 Å². The molecule has 3 aromatic carbocycles. The van der Waals surface area contributed by atoms with Crippen LogP contribution >= 0.6 is 0 Å². The third-order valence-corrected chi connectivity index (χ3v) is 8.02.